The Morgan fingerprint density at radius 2 is 2.26 bits per heavy atom. The molecule has 126 valence electrons. The summed E-state index contributed by atoms with van der Waals surface area (Å²) >= 11 is 0. The standard InChI is InChI=1S/C18H26N2O3/c1-5-7-16(12(3)18(22)23)17(21)15-10-8-14(9-11-15)13(4)20-19-6-2/h6,8,10-12,14,16,19H,2,5,7,9H2,1,3-4H3,(H,22,23)/b20-13+/t12-,14+,16-/m1/s1. The van der Waals surface area contributed by atoms with E-state index in [9.17, 15) is 14.7 Å². The summed E-state index contributed by atoms with van der Waals surface area (Å²) in [6, 6.07) is 0. The highest BCUT2D eigenvalue weighted by Gasteiger charge is 2.31. The van der Waals surface area contributed by atoms with Crippen LogP contribution in [-0.2, 0) is 9.59 Å². The van der Waals surface area contributed by atoms with Crippen LogP contribution < -0.4 is 5.43 Å². The van der Waals surface area contributed by atoms with Crippen molar-refractivity contribution >= 4 is 17.5 Å². The van der Waals surface area contributed by atoms with E-state index in [1.165, 1.54) is 6.20 Å². The predicted molar refractivity (Wildman–Crippen MR) is 92.0 cm³/mol. The van der Waals surface area contributed by atoms with Crippen LogP contribution in [0.25, 0.3) is 0 Å². The molecule has 0 aromatic heterocycles. The van der Waals surface area contributed by atoms with Gasteiger partial charge in [-0.3, -0.25) is 15.0 Å². The molecule has 0 aromatic rings. The quantitative estimate of drug-likeness (QED) is 0.505. The molecule has 0 aliphatic heterocycles. The maximum absolute atomic E-state index is 12.6. The summed E-state index contributed by atoms with van der Waals surface area (Å²) in [4.78, 5) is 23.9. The number of aliphatic carboxylic acids is 1. The van der Waals surface area contributed by atoms with E-state index in [-0.39, 0.29) is 11.7 Å². The molecule has 0 amide bonds. The molecule has 23 heavy (non-hydrogen) atoms. The molecule has 5 heteroatoms. The van der Waals surface area contributed by atoms with Crippen molar-refractivity contribution in [2.75, 3.05) is 0 Å². The van der Waals surface area contributed by atoms with Crippen LogP contribution in [0.5, 0.6) is 0 Å². The molecule has 0 unspecified atom stereocenters. The van der Waals surface area contributed by atoms with Crippen molar-refractivity contribution < 1.29 is 14.7 Å². The number of hydrogen-bond acceptors (Lipinski definition) is 4. The van der Waals surface area contributed by atoms with Gasteiger partial charge in [-0.2, -0.15) is 5.10 Å². The van der Waals surface area contributed by atoms with Gasteiger partial charge < -0.3 is 5.11 Å². The van der Waals surface area contributed by atoms with E-state index in [2.05, 4.69) is 17.1 Å². The fraction of sp³-hybridized carbons (Fsp3) is 0.500. The van der Waals surface area contributed by atoms with Crippen molar-refractivity contribution in [1.29, 1.82) is 0 Å². The molecule has 0 heterocycles. The molecule has 0 bridgehead atoms. The third-order valence-corrected chi connectivity index (χ3v) is 4.18. The molecule has 1 rings (SSSR count). The van der Waals surface area contributed by atoms with Gasteiger partial charge in [-0.1, -0.05) is 45.1 Å². The van der Waals surface area contributed by atoms with Crippen LogP contribution >= 0.6 is 0 Å². The number of ketones is 1. The average molecular weight is 318 g/mol. The van der Waals surface area contributed by atoms with Crippen molar-refractivity contribution in [3.63, 3.8) is 0 Å². The first-order chi connectivity index (χ1) is 10.9. The molecule has 1 aliphatic carbocycles. The molecular formula is C18H26N2O3. The highest BCUT2D eigenvalue weighted by Crippen LogP contribution is 2.26. The Balaban J connectivity index is 2.82. The zero-order valence-electron chi connectivity index (χ0n) is 14.1. The zero-order chi connectivity index (χ0) is 17.4. The topological polar surface area (TPSA) is 78.8 Å². The SMILES string of the molecule is C=CN/N=C(\C)[C@H]1C=CC(C(=O)[C@H](CCC)[C@@H](C)C(=O)O)=CC1. The first kappa shape index (κ1) is 18.9. The van der Waals surface area contributed by atoms with Crippen LogP contribution in [0.1, 0.15) is 40.0 Å². The first-order valence-electron chi connectivity index (χ1n) is 7.98. The molecule has 0 spiro atoms. The Morgan fingerprint density at radius 1 is 1.57 bits per heavy atom. The van der Waals surface area contributed by atoms with Gasteiger partial charge in [0.15, 0.2) is 5.78 Å². The second-order valence-electron chi connectivity index (χ2n) is 5.83. The van der Waals surface area contributed by atoms with Crippen molar-refractivity contribution in [2.45, 2.75) is 40.0 Å². The molecule has 1 aliphatic rings. The summed E-state index contributed by atoms with van der Waals surface area (Å²) in [6.45, 7) is 9.02. The van der Waals surface area contributed by atoms with Gasteiger partial charge in [0.05, 0.1) is 5.92 Å². The van der Waals surface area contributed by atoms with Gasteiger partial charge >= 0.3 is 5.97 Å². The minimum Gasteiger partial charge on any atom is -0.481 e. The Kier molecular flexibility index (Phi) is 7.45. The number of nitrogens with zero attached hydrogens (tertiary/aromatic N) is 1. The number of rotatable bonds is 9. The lowest BCUT2D eigenvalue weighted by atomic mass is 9.81. The van der Waals surface area contributed by atoms with Crippen LogP contribution in [-0.4, -0.2) is 22.6 Å². The Labute approximate surface area is 137 Å². The number of carbonyl (C=O) groups excluding carboxylic acids is 1. The minimum absolute atomic E-state index is 0.0738. The van der Waals surface area contributed by atoms with Crippen molar-refractivity contribution in [3.05, 3.63) is 36.6 Å². The van der Waals surface area contributed by atoms with Gasteiger partial charge in [-0.25, -0.2) is 0 Å². The fourth-order valence-corrected chi connectivity index (χ4v) is 2.65. The highest BCUT2D eigenvalue weighted by atomic mass is 16.4. The number of carboxylic acids is 1. The minimum atomic E-state index is -0.923. The summed E-state index contributed by atoms with van der Waals surface area (Å²) in [6.07, 6.45) is 9.19. The van der Waals surface area contributed by atoms with Crippen molar-refractivity contribution in [1.82, 2.24) is 5.43 Å². The highest BCUT2D eigenvalue weighted by molar-refractivity contribution is 6.02. The lowest BCUT2D eigenvalue weighted by molar-refractivity contribution is -0.145. The molecule has 0 aromatic carbocycles. The van der Waals surface area contributed by atoms with Gasteiger partial charge in [-0.05, 0) is 19.8 Å². The van der Waals surface area contributed by atoms with Gasteiger partial charge in [0, 0.05) is 29.3 Å². The smallest absolute Gasteiger partial charge is 0.306 e. The summed E-state index contributed by atoms with van der Waals surface area (Å²) in [7, 11) is 0. The lowest BCUT2D eigenvalue weighted by Crippen LogP contribution is -2.29. The monoisotopic (exact) mass is 318 g/mol. The molecule has 0 saturated carbocycles. The van der Waals surface area contributed by atoms with E-state index in [0.717, 1.165) is 12.1 Å². The largest absolute Gasteiger partial charge is 0.481 e. The fourth-order valence-electron chi connectivity index (χ4n) is 2.65. The Hall–Kier alpha value is -2.17. The molecule has 0 saturated heterocycles. The van der Waals surface area contributed by atoms with E-state index in [4.69, 9.17) is 0 Å². The Bertz CT molecular complexity index is 546. The third kappa shape index (κ3) is 5.20. The van der Waals surface area contributed by atoms with E-state index < -0.39 is 17.8 Å². The number of nitrogens with one attached hydrogen (secondary N) is 1. The first-order valence-corrected chi connectivity index (χ1v) is 7.98. The van der Waals surface area contributed by atoms with Crippen molar-refractivity contribution in [2.24, 2.45) is 22.9 Å². The molecule has 0 radical (unpaired) electrons. The maximum Gasteiger partial charge on any atom is 0.306 e. The van der Waals surface area contributed by atoms with Crippen LogP contribution in [0.4, 0.5) is 0 Å². The van der Waals surface area contributed by atoms with Gasteiger partial charge in [-0.15, -0.1) is 0 Å². The van der Waals surface area contributed by atoms with Gasteiger partial charge in [0.25, 0.3) is 0 Å². The second kappa shape index (κ2) is 9.08. The number of hydrazone groups is 1. The number of hydrogen-bond donors (Lipinski definition) is 2. The summed E-state index contributed by atoms with van der Waals surface area (Å²) < 4.78 is 0. The number of carbonyl (C=O) groups is 2. The van der Waals surface area contributed by atoms with Crippen LogP contribution in [0.2, 0.25) is 0 Å². The van der Waals surface area contributed by atoms with Crippen LogP contribution in [0.15, 0.2) is 41.7 Å². The third-order valence-electron chi connectivity index (χ3n) is 4.18. The second-order valence-corrected chi connectivity index (χ2v) is 5.83. The summed E-state index contributed by atoms with van der Waals surface area (Å²) in [5, 5.41) is 13.4. The summed E-state index contributed by atoms with van der Waals surface area (Å²) in [5.74, 6) is -2.00. The Morgan fingerprint density at radius 3 is 2.74 bits per heavy atom. The number of allylic oxidation sites excluding steroid dienone is 4. The molecule has 2 N–H and O–H groups in total. The number of carboxylic acid groups (broad SMARTS) is 1. The van der Waals surface area contributed by atoms with E-state index in [1.807, 2.05) is 26.0 Å². The number of Topliss-reactive ketones (excluding diaryl/α,β-unsaturated/α-hetero) is 1. The molecule has 5 nitrogen and oxygen atoms in total. The van der Waals surface area contributed by atoms with Crippen molar-refractivity contribution in [3.8, 4) is 0 Å². The van der Waals surface area contributed by atoms with Gasteiger partial charge in [0.2, 0.25) is 0 Å². The van der Waals surface area contributed by atoms with E-state index >= 15 is 0 Å². The molecular weight excluding hydrogens is 292 g/mol. The van der Waals surface area contributed by atoms with Crippen LogP contribution in [0.3, 0.4) is 0 Å². The molecule has 3 atom stereocenters. The zero-order valence-corrected chi connectivity index (χ0v) is 14.1. The van der Waals surface area contributed by atoms with E-state index in [0.29, 0.717) is 18.4 Å². The van der Waals surface area contributed by atoms with Gasteiger partial charge in [0.1, 0.15) is 0 Å². The average Bonchev–Trinajstić information content (AvgIpc) is 2.56. The predicted octanol–water partition coefficient (Wildman–Crippen LogP) is 3.30. The van der Waals surface area contributed by atoms with Crippen LogP contribution in [0, 0.1) is 17.8 Å². The lowest BCUT2D eigenvalue weighted by Gasteiger charge is -2.22. The molecule has 0 fully saturated rings. The normalized spacial score (nSPS) is 20.4. The summed E-state index contributed by atoms with van der Waals surface area (Å²) in [5.41, 5.74) is 4.23. The van der Waals surface area contributed by atoms with E-state index in [1.54, 1.807) is 13.0 Å². The maximum atomic E-state index is 12.6.